The molecule has 0 aliphatic rings. The van der Waals surface area contributed by atoms with Crippen molar-refractivity contribution in [2.24, 2.45) is 0 Å². The molecule has 0 atom stereocenters. The third-order valence-electron chi connectivity index (χ3n) is 3.70. The highest BCUT2D eigenvalue weighted by atomic mass is 32.2. The zero-order valence-electron chi connectivity index (χ0n) is 13.2. The molecule has 0 aliphatic heterocycles. The average molecular weight is 345 g/mol. The van der Waals surface area contributed by atoms with E-state index < -0.39 is 9.84 Å². The Morgan fingerprint density at radius 2 is 1.38 bits per heavy atom. The summed E-state index contributed by atoms with van der Waals surface area (Å²) in [6, 6.07) is 15.9. The molecule has 0 saturated heterocycles. The molecule has 3 aromatic rings. The molecule has 0 spiro atoms. The third kappa shape index (κ3) is 4.37. The second-order valence-corrected chi connectivity index (χ2v) is 7.61. The van der Waals surface area contributed by atoms with Crippen LogP contribution in [0.15, 0.2) is 80.9 Å². The lowest BCUT2D eigenvalue weighted by Crippen LogP contribution is -2.28. The van der Waals surface area contributed by atoms with Crippen LogP contribution in [0.25, 0.3) is 0 Å². The number of hydrogen-bond acceptors (Lipinski definition) is 5. The van der Waals surface area contributed by atoms with Gasteiger partial charge in [-0.25, -0.2) is 8.42 Å². The molecule has 0 fully saturated rings. The molecule has 1 aromatic carbocycles. The van der Waals surface area contributed by atoms with Crippen LogP contribution in [-0.4, -0.2) is 25.6 Å². The highest BCUT2D eigenvalue weighted by Gasteiger charge is 2.18. The summed E-state index contributed by atoms with van der Waals surface area (Å²) in [4.78, 5) is 2.35. The SMILES string of the molecule is O=S(=O)(CCN(Cc1ccco1)Cc1ccco1)c1ccccc1. The fourth-order valence-corrected chi connectivity index (χ4v) is 3.76. The minimum Gasteiger partial charge on any atom is -0.468 e. The van der Waals surface area contributed by atoms with Crippen LogP contribution in [0.5, 0.6) is 0 Å². The molecule has 0 N–H and O–H groups in total. The first-order chi connectivity index (χ1) is 11.6. The molecule has 0 amide bonds. The lowest BCUT2D eigenvalue weighted by Gasteiger charge is -2.20. The van der Waals surface area contributed by atoms with Gasteiger partial charge in [0, 0.05) is 6.54 Å². The third-order valence-corrected chi connectivity index (χ3v) is 5.41. The smallest absolute Gasteiger partial charge is 0.179 e. The highest BCUT2D eigenvalue weighted by molar-refractivity contribution is 7.91. The number of nitrogens with zero attached hydrogens (tertiary/aromatic N) is 1. The molecule has 0 bridgehead atoms. The van der Waals surface area contributed by atoms with Crippen LogP contribution in [0.3, 0.4) is 0 Å². The van der Waals surface area contributed by atoms with Crippen molar-refractivity contribution in [3.63, 3.8) is 0 Å². The minimum absolute atomic E-state index is 0.0401. The van der Waals surface area contributed by atoms with Crippen LogP contribution in [0.4, 0.5) is 0 Å². The van der Waals surface area contributed by atoms with Crippen LogP contribution in [0.2, 0.25) is 0 Å². The summed E-state index contributed by atoms with van der Waals surface area (Å²) in [6.07, 6.45) is 3.22. The Balaban J connectivity index is 1.69. The maximum atomic E-state index is 12.5. The summed E-state index contributed by atoms with van der Waals surface area (Å²) in [5.74, 6) is 1.62. The van der Waals surface area contributed by atoms with Crippen molar-refractivity contribution in [1.29, 1.82) is 0 Å². The molecule has 2 aromatic heterocycles. The first-order valence-electron chi connectivity index (χ1n) is 7.68. The zero-order chi connectivity index (χ0) is 16.8. The van der Waals surface area contributed by atoms with E-state index in [1.165, 1.54) is 0 Å². The maximum Gasteiger partial charge on any atom is 0.179 e. The Morgan fingerprint density at radius 1 is 0.792 bits per heavy atom. The minimum atomic E-state index is -3.32. The number of rotatable bonds is 8. The van der Waals surface area contributed by atoms with Gasteiger partial charge in [0.05, 0.1) is 36.3 Å². The predicted octanol–water partition coefficient (Wildman–Crippen LogP) is 3.35. The van der Waals surface area contributed by atoms with E-state index >= 15 is 0 Å². The van der Waals surface area contributed by atoms with E-state index in [2.05, 4.69) is 0 Å². The predicted molar refractivity (Wildman–Crippen MR) is 90.0 cm³/mol. The van der Waals surface area contributed by atoms with Crippen LogP contribution in [0, 0.1) is 0 Å². The van der Waals surface area contributed by atoms with Gasteiger partial charge >= 0.3 is 0 Å². The van der Waals surface area contributed by atoms with Crippen molar-refractivity contribution >= 4 is 9.84 Å². The Labute approximate surface area is 141 Å². The van der Waals surface area contributed by atoms with Gasteiger partial charge in [0.2, 0.25) is 0 Å². The lowest BCUT2D eigenvalue weighted by atomic mass is 10.3. The van der Waals surface area contributed by atoms with Gasteiger partial charge < -0.3 is 8.83 Å². The number of benzene rings is 1. The number of hydrogen-bond donors (Lipinski definition) is 0. The summed E-state index contributed by atoms with van der Waals surface area (Å²) >= 11 is 0. The largest absolute Gasteiger partial charge is 0.468 e. The molecule has 5 nitrogen and oxygen atoms in total. The fourth-order valence-electron chi connectivity index (χ4n) is 2.45. The van der Waals surface area contributed by atoms with Gasteiger partial charge in [0.1, 0.15) is 11.5 Å². The first kappa shape index (κ1) is 16.5. The molecular formula is C18H19NO4S. The molecular weight excluding hydrogens is 326 g/mol. The van der Waals surface area contributed by atoms with Gasteiger partial charge in [0.15, 0.2) is 9.84 Å². The van der Waals surface area contributed by atoms with Gasteiger partial charge in [-0.05, 0) is 36.4 Å². The molecule has 24 heavy (non-hydrogen) atoms. The van der Waals surface area contributed by atoms with Crippen LogP contribution >= 0.6 is 0 Å². The topological polar surface area (TPSA) is 63.7 Å². The van der Waals surface area contributed by atoms with Crippen molar-refractivity contribution < 1.29 is 17.3 Å². The summed E-state index contributed by atoms with van der Waals surface area (Å²) in [7, 11) is -3.32. The summed E-state index contributed by atoms with van der Waals surface area (Å²) in [6.45, 7) is 1.44. The van der Waals surface area contributed by atoms with Gasteiger partial charge in [0.25, 0.3) is 0 Å². The second kappa shape index (κ2) is 7.51. The maximum absolute atomic E-state index is 12.5. The zero-order valence-corrected chi connectivity index (χ0v) is 14.0. The quantitative estimate of drug-likeness (QED) is 0.626. The molecule has 126 valence electrons. The normalized spacial score (nSPS) is 11.9. The molecule has 6 heteroatoms. The number of sulfone groups is 1. The van der Waals surface area contributed by atoms with E-state index in [0.717, 1.165) is 11.5 Å². The van der Waals surface area contributed by atoms with Gasteiger partial charge in [-0.2, -0.15) is 0 Å². The second-order valence-electron chi connectivity index (χ2n) is 5.50. The Kier molecular flexibility index (Phi) is 5.17. The lowest BCUT2D eigenvalue weighted by molar-refractivity contribution is 0.229. The monoisotopic (exact) mass is 345 g/mol. The molecule has 0 saturated carbocycles. The Hall–Kier alpha value is -2.31. The molecule has 2 heterocycles. The van der Waals surface area contributed by atoms with Crippen LogP contribution in [-0.2, 0) is 22.9 Å². The summed E-state index contributed by atoms with van der Waals surface area (Å²) in [5.41, 5.74) is 0. The first-order valence-corrected chi connectivity index (χ1v) is 9.34. The molecule has 3 rings (SSSR count). The van der Waals surface area contributed by atoms with Crippen molar-refractivity contribution in [1.82, 2.24) is 4.90 Å². The fraction of sp³-hybridized carbons (Fsp3) is 0.222. The van der Waals surface area contributed by atoms with Crippen molar-refractivity contribution in [2.75, 3.05) is 12.3 Å². The summed E-state index contributed by atoms with van der Waals surface area (Å²) < 4.78 is 35.7. The molecule has 0 aliphatic carbocycles. The molecule has 0 unspecified atom stereocenters. The average Bonchev–Trinajstić information content (AvgIpc) is 3.27. The molecule has 0 radical (unpaired) electrons. The van der Waals surface area contributed by atoms with Gasteiger partial charge in [-0.1, -0.05) is 18.2 Å². The van der Waals surface area contributed by atoms with E-state index in [0.29, 0.717) is 24.5 Å². The van der Waals surface area contributed by atoms with E-state index in [9.17, 15) is 8.42 Å². The van der Waals surface area contributed by atoms with Gasteiger partial charge in [-0.15, -0.1) is 0 Å². The van der Waals surface area contributed by atoms with Crippen LogP contribution < -0.4 is 0 Å². The van der Waals surface area contributed by atoms with Gasteiger partial charge in [-0.3, -0.25) is 4.90 Å². The van der Waals surface area contributed by atoms with E-state index in [1.54, 1.807) is 42.9 Å². The van der Waals surface area contributed by atoms with Crippen molar-refractivity contribution in [3.8, 4) is 0 Å². The van der Waals surface area contributed by atoms with Crippen LogP contribution in [0.1, 0.15) is 11.5 Å². The Bertz CT molecular complexity index is 788. The van der Waals surface area contributed by atoms with E-state index in [-0.39, 0.29) is 5.75 Å². The standard InChI is InChI=1S/C18H19NO4S/c20-24(21,18-8-2-1-3-9-18)13-10-19(14-16-6-4-11-22-16)15-17-7-5-12-23-17/h1-9,11-12H,10,13-15H2. The summed E-state index contributed by atoms with van der Waals surface area (Å²) in [5, 5.41) is 0. The van der Waals surface area contributed by atoms with Crippen molar-refractivity contribution in [3.05, 3.63) is 78.6 Å². The van der Waals surface area contributed by atoms with E-state index in [4.69, 9.17) is 8.83 Å². The van der Waals surface area contributed by atoms with E-state index in [1.807, 2.05) is 29.2 Å². The van der Waals surface area contributed by atoms with Crippen molar-refractivity contribution in [2.45, 2.75) is 18.0 Å². The Morgan fingerprint density at radius 3 is 1.88 bits per heavy atom. The highest BCUT2D eigenvalue weighted by Crippen LogP contribution is 2.14. The number of furan rings is 2.